The van der Waals surface area contributed by atoms with Crippen LogP contribution < -0.4 is 11.3 Å². The summed E-state index contributed by atoms with van der Waals surface area (Å²) in [7, 11) is 0. The Bertz CT molecular complexity index is 353. The van der Waals surface area contributed by atoms with E-state index in [1.54, 1.807) is 0 Å². The van der Waals surface area contributed by atoms with Crippen molar-refractivity contribution in [2.24, 2.45) is 5.84 Å². The van der Waals surface area contributed by atoms with Gasteiger partial charge in [0, 0.05) is 22.9 Å². The number of hydrogen-bond donors (Lipinski definition) is 2. The summed E-state index contributed by atoms with van der Waals surface area (Å²) in [5.41, 5.74) is 3.39. The van der Waals surface area contributed by atoms with Crippen LogP contribution in [0.25, 0.3) is 0 Å². The van der Waals surface area contributed by atoms with Crippen LogP contribution in [0, 0.1) is 0 Å². The standard InChI is InChI=1S/C15H27N3S/c1-3-18(4-2)15(9-5-6-10-15)14(17-16)12-13-8-7-11-19-13/h7-8,11,14,17H,3-6,9-10,12,16H2,1-2H3. The van der Waals surface area contributed by atoms with Gasteiger partial charge in [0.25, 0.3) is 0 Å². The maximum absolute atomic E-state index is 5.93. The lowest BCUT2D eigenvalue weighted by Crippen LogP contribution is -2.62. The molecule has 3 N–H and O–H groups in total. The van der Waals surface area contributed by atoms with Gasteiger partial charge in [-0.2, -0.15) is 0 Å². The highest BCUT2D eigenvalue weighted by Crippen LogP contribution is 2.39. The molecule has 1 unspecified atom stereocenters. The van der Waals surface area contributed by atoms with Gasteiger partial charge in [0.1, 0.15) is 0 Å². The maximum atomic E-state index is 5.93. The third kappa shape index (κ3) is 3.02. The molecule has 108 valence electrons. The van der Waals surface area contributed by atoms with Gasteiger partial charge in [-0.15, -0.1) is 11.3 Å². The van der Waals surface area contributed by atoms with Crippen LogP contribution in [0.5, 0.6) is 0 Å². The average molecular weight is 281 g/mol. The van der Waals surface area contributed by atoms with Gasteiger partial charge in [0.15, 0.2) is 0 Å². The van der Waals surface area contributed by atoms with Crippen LogP contribution in [-0.4, -0.2) is 29.6 Å². The zero-order valence-electron chi connectivity index (χ0n) is 12.2. The average Bonchev–Trinajstić information content (AvgIpc) is 3.09. The molecule has 1 aliphatic rings. The van der Waals surface area contributed by atoms with E-state index in [1.807, 2.05) is 11.3 Å². The van der Waals surface area contributed by atoms with E-state index in [2.05, 4.69) is 41.7 Å². The molecule has 0 aromatic carbocycles. The SMILES string of the molecule is CCN(CC)C1(C(Cc2cccs2)NN)CCCC1. The molecular weight excluding hydrogens is 254 g/mol. The van der Waals surface area contributed by atoms with Crippen LogP contribution >= 0.6 is 11.3 Å². The number of thiophene rings is 1. The van der Waals surface area contributed by atoms with Crippen LogP contribution in [0.3, 0.4) is 0 Å². The predicted molar refractivity (Wildman–Crippen MR) is 83.3 cm³/mol. The van der Waals surface area contributed by atoms with Crippen molar-refractivity contribution in [3.05, 3.63) is 22.4 Å². The first-order valence-electron chi connectivity index (χ1n) is 7.50. The van der Waals surface area contributed by atoms with Crippen molar-refractivity contribution in [2.45, 2.75) is 57.5 Å². The zero-order valence-corrected chi connectivity index (χ0v) is 13.0. The van der Waals surface area contributed by atoms with Gasteiger partial charge in [-0.25, -0.2) is 0 Å². The first-order valence-corrected chi connectivity index (χ1v) is 8.38. The minimum atomic E-state index is 0.252. The van der Waals surface area contributed by atoms with E-state index in [9.17, 15) is 0 Å². The molecule has 19 heavy (non-hydrogen) atoms. The van der Waals surface area contributed by atoms with Crippen LogP contribution in [0.1, 0.15) is 44.4 Å². The lowest BCUT2D eigenvalue weighted by molar-refractivity contribution is 0.0632. The molecule has 2 rings (SSSR count). The minimum Gasteiger partial charge on any atom is -0.297 e. The van der Waals surface area contributed by atoms with Crippen molar-refractivity contribution in [3.8, 4) is 0 Å². The molecule has 4 heteroatoms. The molecule has 1 aliphatic carbocycles. The van der Waals surface area contributed by atoms with Crippen molar-refractivity contribution in [3.63, 3.8) is 0 Å². The fraction of sp³-hybridized carbons (Fsp3) is 0.733. The Kier molecular flexibility index (Phi) is 5.39. The number of nitrogens with zero attached hydrogens (tertiary/aromatic N) is 1. The van der Waals surface area contributed by atoms with Gasteiger partial charge >= 0.3 is 0 Å². The summed E-state index contributed by atoms with van der Waals surface area (Å²) in [6.07, 6.45) is 6.26. The minimum absolute atomic E-state index is 0.252. The zero-order chi connectivity index (χ0) is 13.7. The predicted octanol–water partition coefficient (Wildman–Crippen LogP) is 2.78. The van der Waals surface area contributed by atoms with E-state index >= 15 is 0 Å². The van der Waals surface area contributed by atoms with Crippen LogP contribution in [0.2, 0.25) is 0 Å². The van der Waals surface area contributed by atoms with Crippen molar-refractivity contribution in [2.75, 3.05) is 13.1 Å². The molecule has 1 heterocycles. The molecular formula is C15H27N3S. The number of likely N-dealkylation sites (N-methyl/N-ethyl adjacent to an activating group) is 1. The summed E-state index contributed by atoms with van der Waals surface area (Å²) in [6, 6.07) is 4.71. The third-order valence-electron chi connectivity index (χ3n) is 4.70. The Morgan fingerprint density at radius 2 is 2.05 bits per heavy atom. The van der Waals surface area contributed by atoms with Crippen LogP contribution in [0.4, 0.5) is 0 Å². The van der Waals surface area contributed by atoms with Crippen LogP contribution in [0.15, 0.2) is 17.5 Å². The van der Waals surface area contributed by atoms with Crippen molar-refractivity contribution in [1.29, 1.82) is 0 Å². The Morgan fingerprint density at radius 3 is 2.53 bits per heavy atom. The monoisotopic (exact) mass is 281 g/mol. The van der Waals surface area contributed by atoms with Crippen molar-refractivity contribution in [1.82, 2.24) is 10.3 Å². The second kappa shape index (κ2) is 6.84. The summed E-state index contributed by atoms with van der Waals surface area (Å²) in [6.45, 7) is 6.75. The highest BCUT2D eigenvalue weighted by Gasteiger charge is 2.44. The van der Waals surface area contributed by atoms with Gasteiger partial charge < -0.3 is 0 Å². The highest BCUT2D eigenvalue weighted by atomic mass is 32.1. The normalized spacial score (nSPS) is 20.0. The van der Waals surface area contributed by atoms with Gasteiger partial charge in [-0.05, 0) is 37.4 Å². The molecule has 1 saturated carbocycles. The van der Waals surface area contributed by atoms with E-state index in [0.717, 1.165) is 19.5 Å². The number of hydrogen-bond acceptors (Lipinski definition) is 4. The molecule has 1 aromatic rings. The molecule has 3 nitrogen and oxygen atoms in total. The van der Waals surface area contributed by atoms with Gasteiger partial charge in [0.2, 0.25) is 0 Å². The summed E-state index contributed by atoms with van der Waals surface area (Å²) < 4.78 is 0. The first kappa shape index (κ1) is 15.0. The van der Waals surface area contributed by atoms with Crippen LogP contribution in [-0.2, 0) is 6.42 Å². The topological polar surface area (TPSA) is 41.3 Å². The van der Waals surface area contributed by atoms with Gasteiger partial charge in [-0.1, -0.05) is 32.8 Å². The first-order chi connectivity index (χ1) is 9.26. The second-order valence-corrected chi connectivity index (χ2v) is 6.52. The van der Waals surface area contributed by atoms with Gasteiger partial charge in [-0.3, -0.25) is 16.2 Å². The molecule has 0 amide bonds. The fourth-order valence-corrected chi connectivity index (χ4v) is 4.51. The number of hydrazine groups is 1. The van der Waals surface area contributed by atoms with Crippen molar-refractivity contribution < 1.29 is 0 Å². The Labute approximate surface area is 121 Å². The number of nitrogens with one attached hydrogen (secondary N) is 1. The summed E-state index contributed by atoms with van der Waals surface area (Å²) in [5.74, 6) is 5.93. The van der Waals surface area contributed by atoms with E-state index in [0.29, 0.717) is 6.04 Å². The Morgan fingerprint density at radius 1 is 1.37 bits per heavy atom. The number of rotatable bonds is 7. The fourth-order valence-electron chi connectivity index (χ4n) is 3.76. The Hall–Kier alpha value is -0.420. The third-order valence-corrected chi connectivity index (χ3v) is 5.60. The molecule has 1 fully saturated rings. The smallest absolute Gasteiger partial charge is 0.0442 e. The largest absolute Gasteiger partial charge is 0.297 e. The molecule has 1 atom stereocenters. The Balaban J connectivity index is 2.20. The lowest BCUT2D eigenvalue weighted by atomic mass is 9.84. The van der Waals surface area contributed by atoms with E-state index in [-0.39, 0.29) is 5.54 Å². The van der Waals surface area contributed by atoms with E-state index in [1.165, 1.54) is 30.6 Å². The maximum Gasteiger partial charge on any atom is 0.0442 e. The summed E-state index contributed by atoms with van der Waals surface area (Å²) in [5, 5.41) is 2.15. The lowest BCUT2D eigenvalue weighted by Gasteiger charge is -2.46. The summed E-state index contributed by atoms with van der Waals surface area (Å²) >= 11 is 1.84. The van der Waals surface area contributed by atoms with E-state index in [4.69, 9.17) is 5.84 Å². The molecule has 1 aromatic heterocycles. The molecule has 0 bridgehead atoms. The quantitative estimate of drug-likeness (QED) is 0.596. The van der Waals surface area contributed by atoms with Crippen molar-refractivity contribution >= 4 is 11.3 Å². The highest BCUT2D eigenvalue weighted by molar-refractivity contribution is 7.09. The van der Waals surface area contributed by atoms with E-state index < -0.39 is 0 Å². The molecule has 0 saturated heterocycles. The number of nitrogens with two attached hydrogens (primary N) is 1. The molecule has 0 spiro atoms. The van der Waals surface area contributed by atoms with Gasteiger partial charge in [0.05, 0.1) is 0 Å². The molecule has 0 aliphatic heterocycles. The molecule has 0 radical (unpaired) electrons. The summed E-state index contributed by atoms with van der Waals surface area (Å²) in [4.78, 5) is 4.05. The second-order valence-electron chi connectivity index (χ2n) is 5.49.